The predicted octanol–water partition coefficient (Wildman–Crippen LogP) is 5.19. The van der Waals surface area contributed by atoms with Crippen molar-refractivity contribution in [3.05, 3.63) is 95.9 Å². The number of benzene rings is 2. The van der Waals surface area contributed by atoms with Gasteiger partial charge in [0.15, 0.2) is 0 Å². The quantitative estimate of drug-likeness (QED) is 0.446. The van der Waals surface area contributed by atoms with Gasteiger partial charge in [-0.2, -0.15) is 5.10 Å². The summed E-state index contributed by atoms with van der Waals surface area (Å²) in [6.07, 6.45) is 5.85. The lowest BCUT2D eigenvalue weighted by molar-refractivity contribution is -0.113. The van der Waals surface area contributed by atoms with Gasteiger partial charge in [-0.15, -0.1) is 11.8 Å². The molecule has 0 saturated heterocycles. The van der Waals surface area contributed by atoms with Crippen LogP contribution in [-0.2, 0) is 10.5 Å². The monoisotopic (exact) mass is 422 g/mol. The van der Waals surface area contributed by atoms with Gasteiger partial charge in [0.2, 0.25) is 5.91 Å². The molecule has 7 heteroatoms. The van der Waals surface area contributed by atoms with Gasteiger partial charge in [-0.3, -0.25) is 4.79 Å². The number of para-hydroxylation sites is 2. The molecule has 0 fully saturated rings. The maximum absolute atomic E-state index is 12.3. The molecule has 4 rings (SSSR count). The number of anilines is 1. The largest absolute Gasteiger partial charge is 0.324 e. The second-order valence-electron chi connectivity index (χ2n) is 6.35. The molecule has 0 radical (unpaired) electrons. The molecule has 146 valence electrons. The maximum Gasteiger partial charge on any atom is 0.234 e. The molecule has 0 saturated carbocycles. The molecule has 1 N–H and O–H groups in total. The number of nitrogens with zero attached hydrogens (tertiary/aromatic N) is 3. The summed E-state index contributed by atoms with van der Waals surface area (Å²) in [5.41, 5.74) is 2.68. The Kier molecular flexibility index (Phi) is 6.03. The van der Waals surface area contributed by atoms with Crippen LogP contribution in [0.3, 0.4) is 0 Å². The molecule has 2 aromatic heterocycles. The number of rotatable bonds is 7. The lowest BCUT2D eigenvalue weighted by Gasteiger charge is -2.11. The van der Waals surface area contributed by atoms with E-state index in [-0.39, 0.29) is 5.91 Å². The van der Waals surface area contributed by atoms with Gasteiger partial charge in [-0.25, -0.2) is 4.68 Å². The smallest absolute Gasteiger partial charge is 0.234 e. The fourth-order valence-electron chi connectivity index (χ4n) is 2.99. The summed E-state index contributed by atoms with van der Waals surface area (Å²) in [5.74, 6) is 1.88. The van der Waals surface area contributed by atoms with Gasteiger partial charge in [0.05, 0.1) is 28.3 Å². The molecular formula is C22H19ClN4OS. The van der Waals surface area contributed by atoms with Crippen LogP contribution in [0.5, 0.6) is 0 Å². The van der Waals surface area contributed by atoms with Crippen LogP contribution >= 0.6 is 23.4 Å². The maximum atomic E-state index is 12.3. The van der Waals surface area contributed by atoms with E-state index in [0.29, 0.717) is 22.2 Å². The molecule has 2 aromatic carbocycles. The van der Waals surface area contributed by atoms with Crippen LogP contribution in [0.2, 0.25) is 5.02 Å². The van der Waals surface area contributed by atoms with Gasteiger partial charge in [0, 0.05) is 23.7 Å². The van der Waals surface area contributed by atoms with Gasteiger partial charge in [-0.1, -0.05) is 41.9 Å². The van der Waals surface area contributed by atoms with Crippen LogP contribution in [0.15, 0.2) is 85.3 Å². The molecule has 4 aromatic rings. The van der Waals surface area contributed by atoms with E-state index in [2.05, 4.69) is 10.4 Å². The van der Waals surface area contributed by atoms with E-state index >= 15 is 0 Å². The average Bonchev–Trinajstić information content (AvgIpc) is 3.40. The first-order valence-corrected chi connectivity index (χ1v) is 10.6. The Hall–Kier alpha value is -2.96. The summed E-state index contributed by atoms with van der Waals surface area (Å²) >= 11 is 7.64. The number of hydrogen-bond donors (Lipinski definition) is 1. The Labute approximate surface area is 178 Å². The molecule has 0 spiro atoms. The molecule has 0 aliphatic carbocycles. The zero-order valence-corrected chi connectivity index (χ0v) is 17.1. The fourth-order valence-corrected chi connectivity index (χ4v) is 3.96. The number of aromatic nitrogens is 3. The number of hydrogen-bond acceptors (Lipinski definition) is 3. The van der Waals surface area contributed by atoms with Crippen molar-refractivity contribution in [3.8, 4) is 11.5 Å². The summed E-state index contributed by atoms with van der Waals surface area (Å²) in [4.78, 5) is 12.3. The third-order valence-corrected chi connectivity index (χ3v) is 5.62. The molecule has 5 nitrogen and oxygen atoms in total. The summed E-state index contributed by atoms with van der Waals surface area (Å²) in [6, 6.07) is 21.2. The summed E-state index contributed by atoms with van der Waals surface area (Å²) in [6.45, 7) is 0. The zero-order valence-electron chi connectivity index (χ0n) is 15.5. The highest BCUT2D eigenvalue weighted by atomic mass is 35.5. The van der Waals surface area contributed by atoms with Crippen molar-refractivity contribution in [3.63, 3.8) is 0 Å². The number of thioether (sulfide) groups is 1. The summed E-state index contributed by atoms with van der Waals surface area (Å²) in [7, 11) is 0. The van der Waals surface area contributed by atoms with Crippen LogP contribution in [0.1, 0.15) is 5.56 Å². The van der Waals surface area contributed by atoms with Crippen molar-refractivity contribution in [2.24, 2.45) is 0 Å². The number of halogens is 1. The molecule has 1 amide bonds. The molecule has 0 atom stereocenters. The lowest BCUT2D eigenvalue weighted by Crippen LogP contribution is -2.14. The number of carbonyl (C=O) groups excluding carboxylic acids is 1. The van der Waals surface area contributed by atoms with Gasteiger partial charge in [0.1, 0.15) is 5.82 Å². The lowest BCUT2D eigenvalue weighted by atomic mass is 10.3. The number of carbonyl (C=O) groups is 1. The Balaban J connectivity index is 1.47. The Bertz CT molecular complexity index is 1090. The van der Waals surface area contributed by atoms with Crippen molar-refractivity contribution in [1.29, 1.82) is 0 Å². The van der Waals surface area contributed by atoms with E-state index in [1.807, 2.05) is 82.4 Å². The van der Waals surface area contributed by atoms with Crippen molar-refractivity contribution >= 4 is 35.0 Å². The zero-order chi connectivity index (χ0) is 20.1. The van der Waals surface area contributed by atoms with E-state index < -0.39 is 0 Å². The molecule has 2 heterocycles. The van der Waals surface area contributed by atoms with Crippen LogP contribution in [0.25, 0.3) is 11.5 Å². The molecule has 0 aliphatic heterocycles. The number of amides is 1. The highest BCUT2D eigenvalue weighted by Gasteiger charge is 2.14. The minimum Gasteiger partial charge on any atom is -0.324 e. The van der Waals surface area contributed by atoms with Crippen molar-refractivity contribution < 1.29 is 4.79 Å². The Morgan fingerprint density at radius 1 is 1.00 bits per heavy atom. The molecular weight excluding hydrogens is 404 g/mol. The SMILES string of the molecule is O=C(CSCc1cnn(-c2ccccc2)c1-n1cccc1)Nc1ccccc1Cl. The van der Waals surface area contributed by atoms with E-state index in [1.165, 1.54) is 11.8 Å². The van der Waals surface area contributed by atoms with E-state index in [4.69, 9.17) is 11.6 Å². The Morgan fingerprint density at radius 2 is 1.72 bits per heavy atom. The first kappa shape index (κ1) is 19.4. The first-order valence-electron chi connectivity index (χ1n) is 9.10. The minimum absolute atomic E-state index is 0.0823. The normalized spacial score (nSPS) is 10.8. The predicted molar refractivity (Wildman–Crippen MR) is 119 cm³/mol. The fraction of sp³-hybridized carbons (Fsp3) is 0.0909. The van der Waals surface area contributed by atoms with Crippen molar-refractivity contribution in [2.45, 2.75) is 5.75 Å². The molecule has 29 heavy (non-hydrogen) atoms. The third-order valence-electron chi connectivity index (χ3n) is 4.31. The van der Waals surface area contributed by atoms with Gasteiger partial charge in [-0.05, 0) is 36.4 Å². The first-order chi connectivity index (χ1) is 14.2. The van der Waals surface area contributed by atoms with Gasteiger partial charge >= 0.3 is 0 Å². The standard InChI is InChI=1S/C22H19ClN4OS/c23-19-10-4-5-11-20(19)25-21(28)16-29-15-17-14-24-27(18-8-2-1-3-9-18)22(17)26-12-6-7-13-26/h1-14H,15-16H2,(H,25,28). The van der Waals surface area contributed by atoms with Crippen molar-refractivity contribution in [1.82, 2.24) is 14.3 Å². The molecule has 0 bridgehead atoms. The highest BCUT2D eigenvalue weighted by Crippen LogP contribution is 2.24. The van der Waals surface area contributed by atoms with E-state index in [0.717, 1.165) is 17.1 Å². The summed E-state index contributed by atoms with van der Waals surface area (Å²) in [5, 5.41) is 7.97. The number of nitrogens with one attached hydrogen (secondary N) is 1. The Morgan fingerprint density at radius 3 is 2.48 bits per heavy atom. The topological polar surface area (TPSA) is 51.9 Å². The van der Waals surface area contributed by atoms with Crippen LogP contribution in [0.4, 0.5) is 5.69 Å². The van der Waals surface area contributed by atoms with E-state index in [9.17, 15) is 4.79 Å². The third kappa shape index (κ3) is 4.55. The van der Waals surface area contributed by atoms with Crippen LogP contribution in [0, 0.1) is 0 Å². The minimum atomic E-state index is -0.0823. The van der Waals surface area contributed by atoms with E-state index in [1.54, 1.807) is 12.1 Å². The second-order valence-corrected chi connectivity index (χ2v) is 7.74. The van der Waals surface area contributed by atoms with Crippen molar-refractivity contribution in [2.75, 3.05) is 11.1 Å². The van der Waals surface area contributed by atoms with Crippen LogP contribution in [-0.4, -0.2) is 26.0 Å². The van der Waals surface area contributed by atoms with Crippen LogP contribution < -0.4 is 5.32 Å². The molecule has 0 unspecified atom stereocenters. The average molecular weight is 423 g/mol. The second kappa shape index (κ2) is 9.03. The van der Waals surface area contributed by atoms with Gasteiger partial charge in [0.25, 0.3) is 0 Å². The molecule has 0 aliphatic rings. The highest BCUT2D eigenvalue weighted by molar-refractivity contribution is 7.99. The summed E-state index contributed by atoms with van der Waals surface area (Å²) < 4.78 is 3.96. The van der Waals surface area contributed by atoms with Gasteiger partial charge < -0.3 is 9.88 Å².